The Balaban J connectivity index is 1.51. The number of anilines is 1. The highest BCUT2D eigenvalue weighted by molar-refractivity contribution is 5.91. The molecule has 0 atom stereocenters. The van der Waals surface area contributed by atoms with E-state index >= 15 is 0 Å². The first-order chi connectivity index (χ1) is 15.5. The average molecular weight is 443 g/mol. The first-order valence-electron chi connectivity index (χ1n) is 10.5. The second-order valence-electron chi connectivity index (χ2n) is 7.24. The molecule has 1 aromatic carbocycles. The van der Waals surface area contributed by atoms with Crippen LogP contribution in [-0.4, -0.2) is 63.4 Å². The van der Waals surface area contributed by atoms with Gasteiger partial charge < -0.3 is 29.2 Å². The minimum atomic E-state index is -0.237. The van der Waals surface area contributed by atoms with Crippen LogP contribution in [-0.2, 0) is 4.79 Å². The van der Waals surface area contributed by atoms with Crippen LogP contribution in [0.5, 0.6) is 23.1 Å². The zero-order valence-electron chi connectivity index (χ0n) is 19.0. The summed E-state index contributed by atoms with van der Waals surface area (Å²) in [4.78, 5) is 23.2. The fraction of sp³-hybridized carbons (Fsp3) is 0.435. The van der Waals surface area contributed by atoms with Gasteiger partial charge in [0, 0.05) is 25.2 Å². The number of carbonyl (C=O) groups is 1. The van der Waals surface area contributed by atoms with Gasteiger partial charge in [-0.2, -0.15) is 4.98 Å². The van der Waals surface area contributed by atoms with Crippen molar-refractivity contribution >= 4 is 17.8 Å². The minimum absolute atomic E-state index is 0.237. The van der Waals surface area contributed by atoms with Crippen molar-refractivity contribution in [3.05, 3.63) is 35.7 Å². The normalized spacial score (nSPS) is 13.3. The smallest absolute Gasteiger partial charge is 0.244 e. The van der Waals surface area contributed by atoms with E-state index in [2.05, 4.69) is 20.2 Å². The molecule has 0 aliphatic carbocycles. The van der Waals surface area contributed by atoms with E-state index in [0.717, 1.165) is 24.5 Å². The summed E-state index contributed by atoms with van der Waals surface area (Å²) >= 11 is 0. The number of rotatable bonds is 10. The summed E-state index contributed by atoms with van der Waals surface area (Å²) in [6, 6.07) is 5.39. The van der Waals surface area contributed by atoms with E-state index in [9.17, 15) is 4.79 Å². The maximum atomic E-state index is 12.2. The van der Waals surface area contributed by atoms with Crippen LogP contribution in [0.25, 0.3) is 6.08 Å². The molecule has 0 radical (unpaired) electrons. The van der Waals surface area contributed by atoms with Crippen molar-refractivity contribution in [2.75, 3.05) is 52.5 Å². The van der Waals surface area contributed by atoms with Crippen molar-refractivity contribution in [1.82, 2.24) is 15.3 Å². The van der Waals surface area contributed by atoms with Gasteiger partial charge in [-0.05, 0) is 43.5 Å². The third-order valence-corrected chi connectivity index (χ3v) is 5.00. The molecule has 9 heteroatoms. The Morgan fingerprint density at radius 3 is 2.38 bits per heavy atom. The number of amides is 1. The maximum absolute atomic E-state index is 12.2. The van der Waals surface area contributed by atoms with Gasteiger partial charge in [-0.1, -0.05) is 0 Å². The van der Waals surface area contributed by atoms with Crippen LogP contribution in [0, 0.1) is 6.92 Å². The fourth-order valence-corrected chi connectivity index (χ4v) is 3.47. The molecule has 9 nitrogen and oxygen atoms in total. The zero-order valence-corrected chi connectivity index (χ0v) is 19.0. The minimum Gasteiger partial charge on any atom is -0.493 e. The molecule has 0 bridgehead atoms. The maximum Gasteiger partial charge on any atom is 0.244 e. The second-order valence-corrected chi connectivity index (χ2v) is 7.24. The largest absolute Gasteiger partial charge is 0.493 e. The second kappa shape index (κ2) is 11.2. The van der Waals surface area contributed by atoms with Crippen molar-refractivity contribution in [2.45, 2.75) is 19.8 Å². The number of nitrogens with one attached hydrogen (secondary N) is 1. The van der Waals surface area contributed by atoms with Gasteiger partial charge in [0.1, 0.15) is 18.2 Å². The van der Waals surface area contributed by atoms with Gasteiger partial charge in [0.2, 0.25) is 17.5 Å². The molecule has 1 saturated heterocycles. The number of benzene rings is 1. The quantitative estimate of drug-likeness (QED) is 0.443. The molecule has 2 aromatic rings. The molecule has 0 saturated carbocycles. The Morgan fingerprint density at radius 1 is 1.06 bits per heavy atom. The third-order valence-electron chi connectivity index (χ3n) is 5.00. The van der Waals surface area contributed by atoms with Crippen LogP contribution >= 0.6 is 0 Å². The third kappa shape index (κ3) is 6.03. The first kappa shape index (κ1) is 23.2. The van der Waals surface area contributed by atoms with E-state index in [1.165, 1.54) is 18.9 Å². The molecule has 0 spiro atoms. The number of hydrogen-bond donors (Lipinski definition) is 1. The van der Waals surface area contributed by atoms with Crippen LogP contribution < -0.4 is 29.2 Å². The number of aryl methyl sites for hydroxylation is 1. The predicted molar refractivity (Wildman–Crippen MR) is 122 cm³/mol. The lowest BCUT2D eigenvalue weighted by Gasteiger charge is -2.17. The topological polar surface area (TPSA) is 95.0 Å². The average Bonchev–Trinajstić information content (AvgIpc) is 3.34. The number of ether oxygens (including phenoxy) is 4. The predicted octanol–water partition coefficient (Wildman–Crippen LogP) is 2.62. The molecule has 1 amide bonds. The van der Waals surface area contributed by atoms with Crippen molar-refractivity contribution < 1.29 is 23.7 Å². The fourth-order valence-electron chi connectivity index (χ4n) is 3.47. The monoisotopic (exact) mass is 442 g/mol. The van der Waals surface area contributed by atoms with E-state index in [1.54, 1.807) is 39.5 Å². The molecule has 1 fully saturated rings. The van der Waals surface area contributed by atoms with Crippen LogP contribution in [0.4, 0.5) is 5.82 Å². The number of hydrogen-bond acceptors (Lipinski definition) is 8. The van der Waals surface area contributed by atoms with E-state index in [-0.39, 0.29) is 5.91 Å². The first-order valence-corrected chi connectivity index (χ1v) is 10.5. The Kier molecular flexibility index (Phi) is 8.13. The van der Waals surface area contributed by atoms with Gasteiger partial charge in [0.25, 0.3) is 0 Å². The molecule has 1 aliphatic rings. The van der Waals surface area contributed by atoms with Crippen LogP contribution in [0.15, 0.2) is 24.3 Å². The molecule has 1 aromatic heterocycles. The van der Waals surface area contributed by atoms with E-state index in [0.29, 0.717) is 42.1 Å². The molecule has 32 heavy (non-hydrogen) atoms. The Labute approximate surface area is 188 Å². The molecule has 172 valence electrons. The lowest BCUT2D eigenvalue weighted by atomic mass is 10.1. The highest BCUT2D eigenvalue weighted by Gasteiger charge is 2.15. The summed E-state index contributed by atoms with van der Waals surface area (Å²) in [5.74, 6) is 3.38. The standard InChI is InChI=1S/C23H30N4O5/c1-16-25-20(27-10-5-6-11-27)15-22(26-16)32-12-9-24-21(28)8-7-17-13-18(29-2)23(31-4)19(14-17)30-3/h7-8,13-15H,5-6,9-12H2,1-4H3,(H,24,28). The van der Waals surface area contributed by atoms with Gasteiger partial charge in [0.05, 0.1) is 27.9 Å². The van der Waals surface area contributed by atoms with E-state index in [1.807, 2.05) is 13.0 Å². The molecule has 0 unspecified atom stereocenters. The van der Waals surface area contributed by atoms with Crippen molar-refractivity contribution in [2.24, 2.45) is 0 Å². The summed E-state index contributed by atoms with van der Waals surface area (Å²) in [6.07, 6.45) is 5.47. The highest BCUT2D eigenvalue weighted by atomic mass is 16.5. The molecular formula is C23H30N4O5. The van der Waals surface area contributed by atoms with Gasteiger partial charge in [-0.3, -0.25) is 4.79 Å². The van der Waals surface area contributed by atoms with Crippen LogP contribution in [0.1, 0.15) is 24.2 Å². The molecule has 1 aliphatic heterocycles. The molecule has 1 N–H and O–H groups in total. The number of nitrogens with zero attached hydrogens (tertiary/aromatic N) is 3. The summed E-state index contributed by atoms with van der Waals surface area (Å²) in [7, 11) is 4.64. The molecule has 2 heterocycles. The van der Waals surface area contributed by atoms with Crippen LogP contribution in [0.2, 0.25) is 0 Å². The number of aromatic nitrogens is 2. The SMILES string of the molecule is COc1cc(C=CC(=O)NCCOc2cc(N3CCCC3)nc(C)n2)cc(OC)c1OC. The van der Waals surface area contributed by atoms with E-state index < -0.39 is 0 Å². The lowest BCUT2D eigenvalue weighted by Crippen LogP contribution is -2.26. The Hall–Kier alpha value is -3.49. The Bertz CT molecular complexity index is 932. The van der Waals surface area contributed by atoms with Crippen LogP contribution in [0.3, 0.4) is 0 Å². The zero-order chi connectivity index (χ0) is 22.9. The van der Waals surface area contributed by atoms with Gasteiger partial charge in [-0.25, -0.2) is 4.98 Å². The van der Waals surface area contributed by atoms with Crippen molar-refractivity contribution in [3.63, 3.8) is 0 Å². The van der Waals surface area contributed by atoms with Gasteiger partial charge >= 0.3 is 0 Å². The van der Waals surface area contributed by atoms with Gasteiger partial charge in [0.15, 0.2) is 11.5 Å². The summed E-state index contributed by atoms with van der Waals surface area (Å²) in [6.45, 7) is 4.51. The lowest BCUT2D eigenvalue weighted by molar-refractivity contribution is -0.116. The Morgan fingerprint density at radius 2 is 1.75 bits per heavy atom. The molecular weight excluding hydrogens is 412 g/mol. The van der Waals surface area contributed by atoms with Gasteiger partial charge in [-0.15, -0.1) is 0 Å². The van der Waals surface area contributed by atoms with E-state index in [4.69, 9.17) is 18.9 Å². The summed E-state index contributed by atoms with van der Waals surface area (Å²) in [5, 5.41) is 2.80. The van der Waals surface area contributed by atoms with Crippen molar-refractivity contribution in [1.29, 1.82) is 0 Å². The molecule has 3 rings (SSSR count). The number of methoxy groups -OCH3 is 3. The van der Waals surface area contributed by atoms with Crippen molar-refractivity contribution in [3.8, 4) is 23.1 Å². The summed E-state index contributed by atoms with van der Waals surface area (Å²) in [5.41, 5.74) is 0.747. The highest BCUT2D eigenvalue weighted by Crippen LogP contribution is 2.38. The number of carbonyl (C=O) groups excluding carboxylic acids is 1. The summed E-state index contributed by atoms with van der Waals surface area (Å²) < 4.78 is 21.7.